The molecule has 158 valence electrons. The van der Waals surface area contributed by atoms with Crippen molar-refractivity contribution in [3.63, 3.8) is 0 Å². The van der Waals surface area contributed by atoms with Crippen molar-refractivity contribution in [3.8, 4) is 5.75 Å². The summed E-state index contributed by atoms with van der Waals surface area (Å²) >= 11 is 0. The number of aliphatic imine (C=N–C) groups is 1. The number of rotatable bonds is 8. The zero-order valence-electron chi connectivity index (χ0n) is 16.8. The van der Waals surface area contributed by atoms with Crippen LogP contribution in [0.4, 0.5) is 8.78 Å². The van der Waals surface area contributed by atoms with Crippen LogP contribution in [0.2, 0.25) is 0 Å². The standard InChI is InChI=1S/C20H28F2N6O/c1-23-20(26-14-18-24-9-12-28(18)19(21)22)25-13-17(27-10-3-4-11-27)15-5-7-16(29-2)8-6-15/h5-9,12,17,19H,3-4,10-11,13-14H2,1-2H3,(H2,23,25,26). The number of guanidine groups is 1. The number of aromatic nitrogens is 2. The summed E-state index contributed by atoms with van der Waals surface area (Å²) in [7, 11) is 3.32. The Hall–Kier alpha value is -2.68. The molecule has 1 aromatic heterocycles. The van der Waals surface area contributed by atoms with E-state index in [0.29, 0.717) is 12.5 Å². The smallest absolute Gasteiger partial charge is 0.319 e. The summed E-state index contributed by atoms with van der Waals surface area (Å²) in [6, 6.07) is 8.29. The Labute approximate surface area is 169 Å². The fraction of sp³-hybridized carbons (Fsp3) is 0.500. The van der Waals surface area contributed by atoms with Crippen LogP contribution in [0, 0.1) is 0 Å². The molecule has 0 spiro atoms. The number of alkyl halides is 2. The number of hydrogen-bond donors (Lipinski definition) is 2. The van der Waals surface area contributed by atoms with E-state index >= 15 is 0 Å². The Morgan fingerprint density at radius 1 is 1.21 bits per heavy atom. The zero-order chi connectivity index (χ0) is 20.6. The van der Waals surface area contributed by atoms with Crippen molar-refractivity contribution in [3.05, 3.63) is 48.0 Å². The quantitative estimate of drug-likeness (QED) is 0.521. The van der Waals surface area contributed by atoms with E-state index in [1.807, 2.05) is 12.1 Å². The number of halogens is 2. The third-order valence-electron chi connectivity index (χ3n) is 5.14. The Bertz CT molecular complexity index is 787. The molecule has 1 aliphatic heterocycles. The topological polar surface area (TPSA) is 66.7 Å². The Kier molecular flexibility index (Phi) is 7.40. The van der Waals surface area contributed by atoms with Crippen LogP contribution in [0.3, 0.4) is 0 Å². The summed E-state index contributed by atoms with van der Waals surface area (Å²) in [5.74, 6) is 1.63. The first-order chi connectivity index (χ1) is 14.1. The van der Waals surface area contributed by atoms with Crippen LogP contribution >= 0.6 is 0 Å². The number of imidazole rings is 1. The SMILES string of the molecule is CN=C(NCc1nccn1C(F)F)NCC(c1ccc(OC)cc1)N1CCCC1. The number of nitrogens with one attached hydrogen (secondary N) is 2. The number of ether oxygens (including phenoxy) is 1. The van der Waals surface area contributed by atoms with Gasteiger partial charge >= 0.3 is 6.55 Å². The highest BCUT2D eigenvalue weighted by atomic mass is 19.3. The van der Waals surface area contributed by atoms with Crippen LogP contribution in [-0.2, 0) is 6.54 Å². The summed E-state index contributed by atoms with van der Waals surface area (Å²) < 4.78 is 32.0. The van der Waals surface area contributed by atoms with Crippen molar-refractivity contribution in [2.45, 2.75) is 32.0 Å². The molecule has 2 heterocycles. The summed E-state index contributed by atoms with van der Waals surface area (Å²) in [6.45, 7) is 0.300. The fourth-order valence-corrected chi connectivity index (χ4v) is 3.57. The predicted octanol–water partition coefficient (Wildman–Crippen LogP) is 2.79. The second-order valence-corrected chi connectivity index (χ2v) is 6.87. The van der Waals surface area contributed by atoms with E-state index in [0.717, 1.165) is 23.4 Å². The maximum atomic E-state index is 13.0. The van der Waals surface area contributed by atoms with Crippen LogP contribution in [0.5, 0.6) is 5.75 Å². The molecule has 1 aliphatic rings. The predicted molar refractivity (Wildman–Crippen MR) is 108 cm³/mol. The van der Waals surface area contributed by atoms with Gasteiger partial charge in [-0.15, -0.1) is 0 Å². The summed E-state index contributed by atoms with van der Waals surface area (Å²) in [5, 5.41) is 6.39. The van der Waals surface area contributed by atoms with E-state index in [1.54, 1.807) is 14.2 Å². The first-order valence-electron chi connectivity index (χ1n) is 9.74. The summed E-state index contributed by atoms with van der Waals surface area (Å²) in [5.41, 5.74) is 1.20. The summed E-state index contributed by atoms with van der Waals surface area (Å²) in [4.78, 5) is 10.6. The number of likely N-dealkylation sites (tertiary alicyclic amines) is 1. The van der Waals surface area contributed by atoms with Crippen molar-refractivity contribution in [1.82, 2.24) is 25.1 Å². The van der Waals surface area contributed by atoms with Gasteiger partial charge in [0.2, 0.25) is 0 Å². The fourth-order valence-electron chi connectivity index (χ4n) is 3.57. The minimum atomic E-state index is -2.61. The minimum absolute atomic E-state index is 0.161. The maximum Gasteiger partial charge on any atom is 0.319 e. The van der Waals surface area contributed by atoms with E-state index < -0.39 is 6.55 Å². The molecule has 0 saturated carbocycles. The highest BCUT2D eigenvalue weighted by Crippen LogP contribution is 2.26. The lowest BCUT2D eigenvalue weighted by Gasteiger charge is -2.29. The van der Waals surface area contributed by atoms with Crippen LogP contribution in [-0.4, -0.2) is 54.2 Å². The van der Waals surface area contributed by atoms with Crippen LogP contribution in [0.25, 0.3) is 0 Å². The van der Waals surface area contributed by atoms with Gasteiger partial charge in [0.25, 0.3) is 0 Å². The van der Waals surface area contributed by atoms with Gasteiger partial charge in [0.1, 0.15) is 11.6 Å². The van der Waals surface area contributed by atoms with Crippen molar-refractivity contribution < 1.29 is 13.5 Å². The normalized spacial score (nSPS) is 16.2. The largest absolute Gasteiger partial charge is 0.497 e. The van der Waals surface area contributed by atoms with E-state index in [2.05, 4.69) is 37.6 Å². The third kappa shape index (κ3) is 5.44. The van der Waals surface area contributed by atoms with Gasteiger partial charge in [0, 0.05) is 26.0 Å². The molecule has 3 rings (SSSR count). The van der Waals surface area contributed by atoms with E-state index in [4.69, 9.17) is 4.74 Å². The van der Waals surface area contributed by atoms with Gasteiger partial charge in [-0.2, -0.15) is 8.78 Å². The van der Waals surface area contributed by atoms with E-state index in [1.165, 1.54) is 30.8 Å². The highest BCUT2D eigenvalue weighted by molar-refractivity contribution is 5.79. The lowest BCUT2D eigenvalue weighted by Crippen LogP contribution is -2.42. The average molecular weight is 406 g/mol. The third-order valence-corrected chi connectivity index (χ3v) is 5.14. The second kappa shape index (κ2) is 10.2. The van der Waals surface area contributed by atoms with Crippen molar-refractivity contribution in [2.75, 3.05) is 33.8 Å². The Morgan fingerprint density at radius 3 is 2.55 bits per heavy atom. The molecule has 2 aromatic rings. The van der Waals surface area contributed by atoms with Crippen molar-refractivity contribution in [2.24, 2.45) is 4.99 Å². The van der Waals surface area contributed by atoms with Crippen molar-refractivity contribution in [1.29, 1.82) is 0 Å². The van der Waals surface area contributed by atoms with Gasteiger partial charge in [0.05, 0.1) is 19.7 Å². The first kappa shape index (κ1) is 21.0. The van der Waals surface area contributed by atoms with E-state index in [-0.39, 0.29) is 18.4 Å². The molecular formula is C20H28F2N6O. The highest BCUT2D eigenvalue weighted by Gasteiger charge is 2.24. The number of benzene rings is 1. The number of nitrogens with zero attached hydrogens (tertiary/aromatic N) is 4. The van der Waals surface area contributed by atoms with Gasteiger partial charge in [-0.1, -0.05) is 12.1 Å². The average Bonchev–Trinajstić information content (AvgIpc) is 3.43. The monoisotopic (exact) mass is 406 g/mol. The number of hydrogen-bond acceptors (Lipinski definition) is 4. The Morgan fingerprint density at radius 2 is 1.93 bits per heavy atom. The molecule has 0 amide bonds. The molecular weight excluding hydrogens is 378 g/mol. The van der Waals surface area contributed by atoms with Gasteiger partial charge in [-0.05, 0) is 43.6 Å². The molecule has 1 unspecified atom stereocenters. The van der Waals surface area contributed by atoms with Gasteiger partial charge in [-0.3, -0.25) is 14.5 Å². The van der Waals surface area contributed by atoms with Gasteiger partial charge in [0.15, 0.2) is 5.96 Å². The van der Waals surface area contributed by atoms with Crippen molar-refractivity contribution >= 4 is 5.96 Å². The molecule has 29 heavy (non-hydrogen) atoms. The lowest BCUT2D eigenvalue weighted by molar-refractivity contribution is 0.0668. The van der Waals surface area contributed by atoms with Gasteiger partial charge in [-0.25, -0.2) is 4.98 Å². The maximum absolute atomic E-state index is 13.0. The Balaban J connectivity index is 1.63. The zero-order valence-corrected chi connectivity index (χ0v) is 16.8. The molecule has 1 fully saturated rings. The first-order valence-corrected chi connectivity index (χ1v) is 9.74. The minimum Gasteiger partial charge on any atom is -0.497 e. The molecule has 0 bridgehead atoms. The molecule has 1 aromatic carbocycles. The molecule has 2 N–H and O–H groups in total. The lowest BCUT2D eigenvalue weighted by atomic mass is 10.1. The van der Waals surface area contributed by atoms with Crippen LogP contribution in [0.15, 0.2) is 41.7 Å². The summed E-state index contributed by atoms with van der Waals surface area (Å²) in [6.07, 6.45) is 5.02. The molecule has 1 saturated heterocycles. The molecule has 0 radical (unpaired) electrons. The molecule has 7 nitrogen and oxygen atoms in total. The molecule has 9 heteroatoms. The number of methoxy groups -OCH3 is 1. The van der Waals surface area contributed by atoms with E-state index in [9.17, 15) is 8.78 Å². The molecule has 1 atom stereocenters. The molecule has 0 aliphatic carbocycles. The van der Waals surface area contributed by atoms with Crippen LogP contribution in [0.1, 0.15) is 36.8 Å². The van der Waals surface area contributed by atoms with Gasteiger partial charge < -0.3 is 15.4 Å². The van der Waals surface area contributed by atoms with Crippen LogP contribution < -0.4 is 15.4 Å². The second-order valence-electron chi connectivity index (χ2n) is 6.87.